The van der Waals surface area contributed by atoms with Crippen LogP contribution in [0.3, 0.4) is 0 Å². The monoisotopic (exact) mass is 509 g/mol. The van der Waals surface area contributed by atoms with Gasteiger partial charge < -0.3 is 10.6 Å². The van der Waals surface area contributed by atoms with Crippen molar-refractivity contribution in [2.75, 3.05) is 12.4 Å². The minimum absolute atomic E-state index is 0.248. The van der Waals surface area contributed by atoms with Gasteiger partial charge in [-0.25, -0.2) is 4.98 Å². The van der Waals surface area contributed by atoms with Crippen LogP contribution in [0.15, 0.2) is 33.3 Å². The molecular weight excluding hydrogens is 498 g/mol. The van der Waals surface area contributed by atoms with Crippen molar-refractivity contribution in [3.63, 3.8) is 0 Å². The normalized spacial score (nSPS) is 11.7. The van der Waals surface area contributed by atoms with E-state index >= 15 is 0 Å². The molecule has 0 fully saturated rings. The Kier molecular flexibility index (Phi) is 5.88. The smallest absolute Gasteiger partial charge is 0.251 e. The van der Waals surface area contributed by atoms with Gasteiger partial charge in [-0.2, -0.15) is 14.9 Å². The van der Waals surface area contributed by atoms with Crippen LogP contribution in [0.2, 0.25) is 0 Å². The molecule has 1 aromatic carbocycles. The first-order valence-corrected chi connectivity index (χ1v) is 10.1. The molecule has 0 aliphatic rings. The molecule has 0 saturated carbocycles. The van der Waals surface area contributed by atoms with Gasteiger partial charge in [-0.3, -0.25) is 4.79 Å². The molecule has 0 spiro atoms. The average molecular weight is 511 g/mol. The van der Waals surface area contributed by atoms with E-state index in [0.717, 1.165) is 8.95 Å². The summed E-state index contributed by atoms with van der Waals surface area (Å²) in [4.78, 5) is 21.7. The van der Waals surface area contributed by atoms with Gasteiger partial charge in [-0.05, 0) is 25.1 Å². The molecule has 1 atom stereocenters. The number of benzene rings is 1. The molecule has 2 aromatic heterocycles. The quantitative estimate of drug-likeness (QED) is 0.542. The molecule has 0 bridgehead atoms. The van der Waals surface area contributed by atoms with Crippen LogP contribution in [0.25, 0.3) is 5.13 Å². The lowest BCUT2D eigenvalue weighted by molar-refractivity contribution is 0.0937. The second kappa shape index (κ2) is 8.16. The first kappa shape index (κ1) is 19.5. The van der Waals surface area contributed by atoms with Crippen LogP contribution in [-0.2, 0) is 0 Å². The van der Waals surface area contributed by atoms with Crippen LogP contribution in [0.4, 0.5) is 5.95 Å². The summed E-state index contributed by atoms with van der Waals surface area (Å²) in [6.45, 7) is 1.81. The number of amides is 1. The lowest BCUT2D eigenvalue weighted by atomic mass is 10.2. The number of anilines is 1. The number of thiazole rings is 1. The fourth-order valence-corrected chi connectivity index (χ4v) is 4.26. The molecule has 11 heteroatoms. The second-order valence-electron chi connectivity index (χ2n) is 5.43. The zero-order valence-electron chi connectivity index (χ0n) is 14.2. The third-order valence-electron chi connectivity index (χ3n) is 3.50. The number of halogens is 2. The third kappa shape index (κ3) is 4.35. The highest BCUT2D eigenvalue weighted by molar-refractivity contribution is 9.11. The van der Waals surface area contributed by atoms with Gasteiger partial charge in [0.25, 0.3) is 5.91 Å². The number of nitrogens with zero attached hydrogens (tertiary/aromatic N) is 5. The number of nitrogens with one attached hydrogen (secondary N) is 2. The molecule has 0 unspecified atom stereocenters. The summed E-state index contributed by atoms with van der Waals surface area (Å²) in [6, 6.07) is 6.92. The largest absolute Gasteiger partial charge is 0.356 e. The van der Waals surface area contributed by atoms with Crippen molar-refractivity contribution in [3.8, 4) is 11.2 Å². The Hall–Kier alpha value is -2.29. The van der Waals surface area contributed by atoms with Gasteiger partial charge in [-0.1, -0.05) is 43.2 Å². The van der Waals surface area contributed by atoms with Crippen LogP contribution in [0.1, 0.15) is 34.0 Å². The van der Waals surface area contributed by atoms with Crippen molar-refractivity contribution in [2.45, 2.75) is 13.0 Å². The lowest BCUT2D eigenvalue weighted by Gasteiger charge is -2.14. The lowest BCUT2D eigenvalue weighted by Crippen LogP contribution is -2.28. The molecule has 138 valence electrons. The molecule has 2 N–H and O–H groups in total. The summed E-state index contributed by atoms with van der Waals surface area (Å²) in [5.41, 5.74) is 0.504. The first-order valence-electron chi connectivity index (χ1n) is 7.69. The number of nitriles is 1. The maximum atomic E-state index is 12.6. The second-order valence-corrected chi connectivity index (χ2v) is 8.27. The molecule has 0 aliphatic carbocycles. The first-order chi connectivity index (χ1) is 12.9. The van der Waals surface area contributed by atoms with Gasteiger partial charge in [0.2, 0.25) is 11.1 Å². The van der Waals surface area contributed by atoms with E-state index in [1.54, 1.807) is 19.2 Å². The van der Waals surface area contributed by atoms with Gasteiger partial charge in [-0.15, -0.1) is 5.10 Å². The Morgan fingerprint density at radius 1 is 1.33 bits per heavy atom. The predicted molar refractivity (Wildman–Crippen MR) is 109 cm³/mol. The molecule has 3 aromatic rings. The highest BCUT2D eigenvalue weighted by Crippen LogP contribution is 2.23. The van der Waals surface area contributed by atoms with E-state index in [9.17, 15) is 4.79 Å². The summed E-state index contributed by atoms with van der Waals surface area (Å²) in [5.74, 6) is 0.646. The Bertz CT molecular complexity index is 1020. The van der Waals surface area contributed by atoms with Gasteiger partial charge >= 0.3 is 0 Å². The summed E-state index contributed by atoms with van der Waals surface area (Å²) in [7, 11) is 1.70. The molecule has 27 heavy (non-hydrogen) atoms. The van der Waals surface area contributed by atoms with E-state index in [2.05, 4.69) is 63.6 Å². The molecule has 0 radical (unpaired) electrons. The predicted octanol–water partition coefficient (Wildman–Crippen LogP) is 3.65. The highest BCUT2D eigenvalue weighted by Gasteiger charge is 2.21. The van der Waals surface area contributed by atoms with E-state index < -0.39 is 6.04 Å². The van der Waals surface area contributed by atoms with Crippen molar-refractivity contribution < 1.29 is 4.79 Å². The fourth-order valence-electron chi connectivity index (χ4n) is 2.30. The number of rotatable bonds is 5. The van der Waals surface area contributed by atoms with Crippen LogP contribution < -0.4 is 10.6 Å². The van der Waals surface area contributed by atoms with Crippen molar-refractivity contribution in [3.05, 3.63) is 49.6 Å². The Morgan fingerprint density at radius 2 is 2.04 bits per heavy atom. The van der Waals surface area contributed by atoms with Crippen molar-refractivity contribution in [1.29, 1.82) is 5.26 Å². The highest BCUT2D eigenvalue weighted by atomic mass is 79.9. The van der Waals surface area contributed by atoms with Crippen LogP contribution in [0.5, 0.6) is 0 Å². The van der Waals surface area contributed by atoms with Crippen LogP contribution >= 0.6 is 43.2 Å². The number of hydrogen-bond acceptors (Lipinski definition) is 7. The average Bonchev–Trinajstić information content (AvgIpc) is 3.27. The van der Waals surface area contributed by atoms with Gasteiger partial charge in [0, 0.05) is 21.6 Å². The fraction of sp³-hybridized carbons (Fsp3) is 0.188. The Morgan fingerprint density at radius 3 is 2.63 bits per heavy atom. The maximum absolute atomic E-state index is 12.6. The third-order valence-corrected chi connectivity index (χ3v) is 5.29. The minimum atomic E-state index is -0.445. The maximum Gasteiger partial charge on any atom is 0.251 e. The van der Waals surface area contributed by atoms with E-state index in [1.807, 2.05) is 13.0 Å². The van der Waals surface area contributed by atoms with E-state index in [4.69, 9.17) is 5.26 Å². The summed E-state index contributed by atoms with van der Waals surface area (Å²) in [6.07, 6.45) is 1.48. The number of carbonyl (C=O) groups is 1. The number of carbonyl (C=O) groups excluding carboxylic acids is 1. The molecule has 2 heterocycles. The summed E-state index contributed by atoms with van der Waals surface area (Å²) < 4.78 is 3.11. The van der Waals surface area contributed by atoms with Gasteiger partial charge in [0.15, 0.2) is 5.82 Å². The van der Waals surface area contributed by atoms with Crippen molar-refractivity contribution >= 4 is 55.1 Å². The summed E-state index contributed by atoms with van der Waals surface area (Å²) in [5, 5.41) is 19.7. The topological polar surface area (TPSA) is 109 Å². The van der Waals surface area contributed by atoms with Crippen molar-refractivity contribution in [2.24, 2.45) is 0 Å². The zero-order valence-corrected chi connectivity index (χ0v) is 18.2. The van der Waals surface area contributed by atoms with Gasteiger partial charge in [0.05, 0.1) is 12.2 Å². The zero-order chi connectivity index (χ0) is 19.6. The molecule has 0 saturated heterocycles. The van der Waals surface area contributed by atoms with Crippen molar-refractivity contribution in [1.82, 2.24) is 25.1 Å². The molecule has 1 amide bonds. The molecule has 3 rings (SSSR count). The Balaban J connectivity index is 1.90. The number of hydrogen-bond donors (Lipinski definition) is 2. The van der Waals surface area contributed by atoms with Crippen LogP contribution in [0, 0.1) is 11.3 Å². The van der Waals surface area contributed by atoms with E-state index in [-0.39, 0.29) is 5.91 Å². The van der Waals surface area contributed by atoms with Gasteiger partial charge in [0.1, 0.15) is 10.9 Å². The SMILES string of the molecule is CNc1nc([C@H](C)NC(=O)c2cc(Br)cc(Br)c2)n(-c2ncc(C#N)s2)n1. The van der Waals surface area contributed by atoms with E-state index in [1.165, 1.54) is 22.2 Å². The minimum Gasteiger partial charge on any atom is -0.356 e. The summed E-state index contributed by atoms with van der Waals surface area (Å²) >= 11 is 7.95. The Labute approximate surface area is 175 Å². The molecule has 8 nitrogen and oxygen atoms in total. The van der Waals surface area contributed by atoms with Crippen LogP contribution in [-0.4, -0.2) is 32.7 Å². The standard InChI is InChI=1S/C16H13Br2N7OS/c1-8(22-14(26)9-3-10(17)5-11(18)4-9)13-23-15(20-2)24-25(13)16-21-7-12(6-19)27-16/h3-5,7-8H,1-2H3,(H,20,24)(H,22,26)/t8-/m0/s1. The molecular formula is C16H13Br2N7OS. The molecule has 0 aliphatic heterocycles. The number of aromatic nitrogens is 4. The van der Waals surface area contributed by atoms with E-state index in [0.29, 0.717) is 27.3 Å².